The van der Waals surface area contributed by atoms with Gasteiger partial charge < -0.3 is 14.8 Å². The minimum Gasteiger partial charge on any atom is -0.495 e. The number of halogens is 2. The quantitative estimate of drug-likeness (QED) is 0.421. The number of nitrogens with one attached hydrogen (secondary N) is 1. The lowest BCUT2D eigenvalue weighted by atomic mass is 10.2. The largest absolute Gasteiger partial charge is 0.495 e. The fourth-order valence-electron chi connectivity index (χ4n) is 2.03. The van der Waals surface area contributed by atoms with Gasteiger partial charge in [0.05, 0.1) is 24.0 Å². The van der Waals surface area contributed by atoms with E-state index in [9.17, 15) is 9.59 Å². The zero-order chi connectivity index (χ0) is 20.1. The molecule has 2 aromatic rings. The van der Waals surface area contributed by atoms with Crippen molar-refractivity contribution >= 4 is 52.5 Å². The van der Waals surface area contributed by atoms with E-state index in [0.29, 0.717) is 21.6 Å². The van der Waals surface area contributed by atoms with Gasteiger partial charge in [0.25, 0.3) is 5.91 Å². The summed E-state index contributed by atoms with van der Waals surface area (Å²) in [5, 5.41) is 3.57. The number of thioether (sulfide) groups is 1. The van der Waals surface area contributed by atoms with E-state index in [1.54, 1.807) is 25.3 Å². The van der Waals surface area contributed by atoms with Crippen LogP contribution in [0.5, 0.6) is 5.75 Å². The highest BCUT2D eigenvalue weighted by Gasteiger charge is 2.23. The minimum atomic E-state index is -1.10. The predicted octanol–water partition coefficient (Wildman–Crippen LogP) is 4.01. The van der Waals surface area contributed by atoms with Crippen LogP contribution in [0.25, 0.3) is 0 Å². The molecule has 0 saturated heterocycles. The van der Waals surface area contributed by atoms with Crippen LogP contribution in [0, 0.1) is 6.92 Å². The molecule has 0 fully saturated rings. The first-order chi connectivity index (χ1) is 12.8. The standard InChI is InChI=1S/C17H17Cl2N3O4S/c1-8-5-12(13(25-3)6-10(8)18)21-15(23)9(2)26-16(24)14-11(19)7-20-17(22-14)27-4/h5-7,9H,1-4H3,(H,21,23). The Morgan fingerprint density at radius 3 is 2.59 bits per heavy atom. The van der Waals surface area contributed by atoms with Gasteiger partial charge in [-0.25, -0.2) is 14.8 Å². The Hall–Kier alpha value is -2.03. The van der Waals surface area contributed by atoms with E-state index in [1.165, 1.54) is 32.0 Å². The van der Waals surface area contributed by atoms with E-state index in [0.717, 1.165) is 5.56 Å². The van der Waals surface area contributed by atoms with Gasteiger partial charge in [-0.15, -0.1) is 0 Å². The number of nitrogens with zero attached hydrogens (tertiary/aromatic N) is 2. The molecule has 10 heteroatoms. The van der Waals surface area contributed by atoms with Gasteiger partial charge in [0.2, 0.25) is 0 Å². The summed E-state index contributed by atoms with van der Waals surface area (Å²) in [6, 6.07) is 3.26. The molecule has 0 aliphatic rings. The summed E-state index contributed by atoms with van der Waals surface area (Å²) in [6.07, 6.45) is 1.97. The Bertz CT molecular complexity index is 879. The van der Waals surface area contributed by atoms with Gasteiger partial charge in [0, 0.05) is 11.1 Å². The Kier molecular flexibility index (Phi) is 7.29. The van der Waals surface area contributed by atoms with Crippen molar-refractivity contribution in [3.63, 3.8) is 0 Å². The molecule has 2 rings (SSSR count). The lowest BCUT2D eigenvalue weighted by Gasteiger charge is -2.16. The Morgan fingerprint density at radius 1 is 1.26 bits per heavy atom. The second-order valence-electron chi connectivity index (χ2n) is 5.39. The average Bonchev–Trinajstić information content (AvgIpc) is 2.64. The molecule has 0 bridgehead atoms. The van der Waals surface area contributed by atoms with Crippen LogP contribution in [-0.2, 0) is 9.53 Å². The van der Waals surface area contributed by atoms with E-state index in [-0.39, 0.29) is 10.7 Å². The van der Waals surface area contributed by atoms with Crippen LogP contribution in [-0.4, -0.2) is 41.3 Å². The van der Waals surface area contributed by atoms with Gasteiger partial charge in [-0.3, -0.25) is 4.79 Å². The van der Waals surface area contributed by atoms with E-state index < -0.39 is 18.0 Å². The monoisotopic (exact) mass is 429 g/mol. The maximum absolute atomic E-state index is 12.4. The van der Waals surface area contributed by atoms with Crippen molar-refractivity contribution in [2.24, 2.45) is 0 Å². The molecule has 7 nitrogen and oxygen atoms in total. The number of benzene rings is 1. The Morgan fingerprint density at radius 2 is 1.96 bits per heavy atom. The minimum absolute atomic E-state index is 0.0420. The average molecular weight is 430 g/mol. The van der Waals surface area contributed by atoms with Crippen molar-refractivity contribution in [3.8, 4) is 5.75 Å². The first-order valence-corrected chi connectivity index (χ1v) is 9.67. The molecular formula is C17H17Cl2N3O4S. The summed E-state index contributed by atoms with van der Waals surface area (Å²) in [6.45, 7) is 3.23. The number of hydrogen-bond acceptors (Lipinski definition) is 7. The van der Waals surface area contributed by atoms with Gasteiger partial charge in [0.1, 0.15) is 5.75 Å². The molecule has 1 aromatic heterocycles. The third kappa shape index (κ3) is 5.24. The van der Waals surface area contributed by atoms with E-state index in [4.69, 9.17) is 32.7 Å². The first-order valence-electron chi connectivity index (χ1n) is 7.69. The van der Waals surface area contributed by atoms with Crippen molar-refractivity contribution in [1.29, 1.82) is 0 Å². The van der Waals surface area contributed by atoms with Crippen LogP contribution in [0.1, 0.15) is 23.0 Å². The highest BCUT2D eigenvalue weighted by molar-refractivity contribution is 7.98. The van der Waals surface area contributed by atoms with Crippen LogP contribution >= 0.6 is 35.0 Å². The smallest absolute Gasteiger partial charge is 0.359 e. The number of amides is 1. The number of aromatic nitrogens is 2. The van der Waals surface area contributed by atoms with Crippen molar-refractivity contribution in [2.75, 3.05) is 18.7 Å². The molecule has 1 amide bonds. The number of methoxy groups -OCH3 is 1. The molecule has 1 N–H and O–H groups in total. The summed E-state index contributed by atoms with van der Waals surface area (Å²) >= 11 is 13.2. The normalized spacial score (nSPS) is 11.6. The Balaban J connectivity index is 2.12. The zero-order valence-electron chi connectivity index (χ0n) is 15.0. The number of esters is 1. The van der Waals surface area contributed by atoms with Crippen LogP contribution in [0.3, 0.4) is 0 Å². The van der Waals surface area contributed by atoms with Gasteiger partial charge in [-0.2, -0.15) is 0 Å². The number of aryl methyl sites for hydroxylation is 1. The molecule has 0 spiro atoms. The van der Waals surface area contributed by atoms with Gasteiger partial charge in [0.15, 0.2) is 17.0 Å². The maximum atomic E-state index is 12.4. The number of hydrogen-bond donors (Lipinski definition) is 1. The molecule has 144 valence electrons. The topological polar surface area (TPSA) is 90.4 Å². The SMILES string of the molecule is COc1cc(Cl)c(C)cc1NC(=O)C(C)OC(=O)c1nc(SC)ncc1Cl. The molecule has 1 atom stereocenters. The summed E-state index contributed by atoms with van der Waals surface area (Å²) in [5.74, 6) is -0.973. The van der Waals surface area contributed by atoms with Crippen LogP contribution in [0.15, 0.2) is 23.5 Å². The zero-order valence-corrected chi connectivity index (χ0v) is 17.3. The molecule has 27 heavy (non-hydrogen) atoms. The second kappa shape index (κ2) is 9.25. The molecule has 0 radical (unpaired) electrons. The fraction of sp³-hybridized carbons (Fsp3) is 0.294. The number of ether oxygens (including phenoxy) is 2. The Labute approximate surface area is 170 Å². The van der Waals surface area contributed by atoms with Gasteiger partial charge in [-0.05, 0) is 31.7 Å². The summed E-state index contributed by atoms with van der Waals surface area (Å²) in [5.41, 5.74) is 1.07. The van der Waals surface area contributed by atoms with E-state index >= 15 is 0 Å². The maximum Gasteiger partial charge on any atom is 0.359 e. The molecule has 0 saturated carbocycles. The lowest BCUT2D eigenvalue weighted by Crippen LogP contribution is -2.30. The second-order valence-corrected chi connectivity index (χ2v) is 6.98. The van der Waals surface area contributed by atoms with Crippen molar-refractivity contribution in [3.05, 3.63) is 39.6 Å². The van der Waals surface area contributed by atoms with E-state index in [1.807, 2.05) is 0 Å². The number of rotatable bonds is 6. The highest BCUT2D eigenvalue weighted by atomic mass is 35.5. The number of anilines is 1. The molecule has 1 aromatic carbocycles. The molecule has 0 aliphatic heterocycles. The lowest BCUT2D eigenvalue weighted by molar-refractivity contribution is -0.123. The summed E-state index contributed by atoms with van der Waals surface area (Å²) < 4.78 is 10.4. The van der Waals surface area contributed by atoms with Crippen LogP contribution < -0.4 is 10.1 Å². The van der Waals surface area contributed by atoms with Gasteiger partial charge in [-0.1, -0.05) is 35.0 Å². The number of carbonyl (C=O) groups is 2. The predicted molar refractivity (Wildman–Crippen MR) is 105 cm³/mol. The van der Waals surface area contributed by atoms with Crippen molar-refractivity contribution in [1.82, 2.24) is 9.97 Å². The molecular weight excluding hydrogens is 413 g/mol. The summed E-state index contributed by atoms with van der Waals surface area (Å²) in [4.78, 5) is 32.7. The fourth-order valence-corrected chi connectivity index (χ4v) is 2.69. The molecule has 1 unspecified atom stereocenters. The molecule has 0 aliphatic carbocycles. The highest BCUT2D eigenvalue weighted by Crippen LogP contribution is 2.31. The van der Waals surface area contributed by atoms with Crippen LogP contribution in [0.2, 0.25) is 10.0 Å². The summed E-state index contributed by atoms with van der Waals surface area (Å²) in [7, 11) is 1.46. The van der Waals surface area contributed by atoms with Crippen LogP contribution in [0.4, 0.5) is 5.69 Å². The third-order valence-electron chi connectivity index (χ3n) is 3.49. The van der Waals surface area contributed by atoms with Crippen molar-refractivity contribution in [2.45, 2.75) is 25.1 Å². The number of carbonyl (C=O) groups excluding carboxylic acids is 2. The first kappa shape index (κ1) is 21.3. The van der Waals surface area contributed by atoms with Gasteiger partial charge >= 0.3 is 5.97 Å². The van der Waals surface area contributed by atoms with Crippen molar-refractivity contribution < 1.29 is 19.1 Å². The third-order valence-corrected chi connectivity index (χ3v) is 4.74. The van der Waals surface area contributed by atoms with E-state index in [2.05, 4.69) is 15.3 Å². The molecule has 1 heterocycles.